The molecule has 4 aromatic rings. The lowest BCUT2D eigenvalue weighted by Crippen LogP contribution is -2.45. The quantitative estimate of drug-likeness (QED) is 0.462. The molecular formula is C28H25N3O4. The number of aromatic amines is 1. The number of likely N-dealkylation sites (N-methyl/N-ethyl adjacent to an activating group) is 1. The highest BCUT2D eigenvalue weighted by Crippen LogP contribution is 2.44. The van der Waals surface area contributed by atoms with E-state index in [1.165, 1.54) is 0 Å². The van der Waals surface area contributed by atoms with Crippen LogP contribution in [0.25, 0.3) is 10.9 Å². The van der Waals surface area contributed by atoms with E-state index in [1.54, 1.807) is 18.0 Å². The fraction of sp³-hybridized carbons (Fsp3) is 0.214. The first-order valence-electron chi connectivity index (χ1n) is 11.7. The summed E-state index contributed by atoms with van der Waals surface area (Å²) in [5, 5.41) is 4.30. The number of aromatic nitrogens is 1. The molecule has 0 aliphatic carbocycles. The van der Waals surface area contributed by atoms with Crippen molar-refractivity contribution in [2.45, 2.75) is 18.4 Å². The minimum Gasteiger partial charge on any atom is -0.454 e. The molecule has 2 amide bonds. The minimum atomic E-state index is -0.558. The molecule has 3 heterocycles. The number of carbonyl (C=O) groups excluding carboxylic acids is 2. The Kier molecular flexibility index (Phi) is 5.17. The standard InChI is InChI=1S/C28H25N3O4/c1-31-26(17-10-11-23-24(14-17)35-16-34-23)25(20-7-2-3-8-21(20)28(31)33)27(32)29-13-12-18-15-30-22-9-5-4-6-19(18)22/h2-11,14-15,25-26,30H,12-13,16H2,1H3,(H,29,32)/t25-,26+/m1/s1. The van der Waals surface area contributed by atoms with Crippen molar-refractivity contribution in [3.05, 3.63) is 95.2 Å². The summed E-state index contributed by atoms with van der Waals surface area (Å²) in [6.07, 6.45) is 2.70. The van der Waals surface area contributed by atoms with E-state index in [4.69, 9.17) is 9.47 Å². The largest absolute Gasteiger partial charge is 0.454 e. The maximum atomic E-state index is 13.7. The van der Waals surface area contributed by atoms with E-state index in [0.717, 1.165) is 27.6 Å². The van der Waals surface area contributed by atoms with Crippen molar-refractivity contribution in [1.29, 1.82) is 0 Å². The van der Waals surface area contributed by atoms with Gasteiger partial charge in [-0.25, -0.2) is 0 Å². The topological polar surface area (TPSA) is 83.7 Å². The molecule has 2 atom stereocenters. The van der Waals surface area contributed by atoms with E-state index >= 15 is 0 Å². The minimum absolute atomic E-state index is 0.105. The Morgan fingerprint density at radius 3 is 2.77 bits per heavy atom. The molecular weight excluding hydrogens is 442 g/mol. The van der Waals surface area contributed by atoms with Gasteiger partial charge in [-0.2, -0.15) is 0 Å². The average Bonchev–Trinajstić information content (AvgIpc) is 3.52. The molecule has 176 valence electrons. The molecule has 0 saturated carbocycles. The molecule has 0 bridgehead atoms. The fourth-order valence-corrected chi connectivity index (χ4v) is 5.24. The molecule has 2 aliphatic heterocycles. The summed E-state index contributed by atoms with van der Waals surface area (Å²) >= 11 is 0. The molecule has 3 aromatic carbocycles. The zero-order valence-electron chi connectivity index (χ0n) is 19.3. The molecule has 7 heteroatoms. The predicted molar refractivity (Wildman–Crippen MR) is 132 cm³/mol. The maximum absolute atomic E-state index is 13.7. The van der Waals surface area contributed by atoms with Crippen LogP contribution < -0.4 is 14.8 Å². The number of rotatable bonds is 5. The Morgan fingerprint density at radius 2 is 1.86 bits per heavy atom. The first-order valence-corrected chi connectivity index (χ1v) is 11.7. The fourth-order valence-electron chi connectivity index (χ4n) is 5.24. The lowest BCUT2D eigenvalue weighted by Gasteiger charge is -2.39. The number of ether oxygens (including phenoxy) is 2. The first kappa shape index (κ1) is 21.3. The lowest BCUT2D eigenvalue weighted by molar-refractivity contribution is -0.124. The lowest BCUT2D eigenvalue weighted by atomic mass is 9.79. The summed E-state index contributed by atoms with van der Waals surface area (Å²) in [4.78, 5) is 31.9. The van der Waals surface area contributed by atoms with Crippen LogP contribution in [0.3, 0.4) is 0 Å². The second-order valence-electron chi connectivity index (χ2n) is 8.94. The highest BCUT2D eigenvalue weighted by atomic mass is 16.7. The number of carbonyl (C=O) groups is 2. The molecule has 0 spiro atoms. The maximum Gasteiger partial charge on any atom is 0.254 e. The van der Waals surface area contributed by atoms with Gasteiger partial charge in [-0.05, 0) is 47.4 Å². The summed E-state index contributed by atoms with van der Waals surface area (Å²) in [5.41, 5.74) is 4.37. The van der Waals surface area contributed by atoms with E-state index in [9.17, 15) is 9.59 Å². The third kappa shape index (κ3) is 3.60. The van der Waals surface area contributed by atoms with Crippen LogP contribution >= 0.6 is 0 Å². The van der Waals surface area contributed by atoms with Gasteiger partial charge in [0.2, 0.25) is 12.7 Å². The van der Waals surface area contributed by atoms with Gasteiger partial charge in [-0.3, -0.25) is 9.59 Å². The van der Waals surface area contributed by atoms with Crippen LogP contribution in [0.2, 0.25) is 0 Å². The number of amides is 2. The van der Waals surface area contributed by atoms with Crippen LogP contribution in [0.1, 0.15) is 39.0 Å². The predicted octanol–water partition coefficient (Wildman–Crippen LogP) is 4.17. The van der Waals surface area contributed by atoms with Crippen molar-refractivity contribution in [2.24, 2.45) is 0 Å². The smallest absolute Gasteiger partial charge is 0.254 e. The molecule has 6 rings (SSSR count). The third-order valence-electron chi connectivity index (χ3n) is 6.97. The van der Waals surface area contributed by atoms with Gasteiger partial charge >= 0.3 is 0 Å². The zero-order valence-corrected chi connectivity index (χ0v) is 19.3. The second-order valence-corrected chi connectivity index (χ2v) is 8.94. The van der Waals surface area contributed by atoms with E-state index < -0.39 is 12.0 Å². The average molecular weight is 468 g/mol. The van der Waals surface area contributed by atoms with Crippen LogP contribution in [0.15, 0.2) is 72.9 Å². The second kappa shape index (κ2) is 8.51. The first-order chi connectivity index (χ1) is 17.1. The molecule has 35 heavy (non-hydrogen) atoms. The van der Waals surface area contributed by atoms with Gasteiger partial charge in [0, 0.05) is 36.3 Å². The highest BCUT2D eigenvalue weighted by molar-refractivity contribution is 6.01. The monoisotopic (exact) mass is 467 g/mol. The van der Waals surface area contributed by atoms with Gasteiger partial charge in [-0.15, -0.1) is 0 Å². The van der Waals surface area contributed by atoms with Gasteiger partial charge in [0.15, 0.2) is 11.5 Å². The molecule has 2 N–H and O–H groups in total. The summed E-state index contributed by atoms with van der Waals surface area (Å²) in [5.74, 6) is 0.516. The Labute approximate surface area is 202 Å². The van der Waals surface area contributed by atoms with Crippen LogP contribution in [-0.4, -0.2) is 42.1 Å². The van der Waals surface area contributed by atoms with Crippen molar-refractivity contribution in [3.63, 3.8) is 0 Å². The SMILES string of the molecule is CN1C(=O)c2ccccc2[C@@H](C(=O)NCCc2c[nH]c3ccccc23)[C@@H]1c1ccc2c(c1)OCO2. The Morgan fingerprint density at radius 1 is 1.06 bits per heavy atom. The van der Waals surface area contributed by atoms with Crippen LogP contribution in [0.5, 0.6) is 11.5 Å². The molecule has 0 unspecified atom stereocenters. The number of H-pyrrole nitrogens is 1. The van der Waals surface area contributed by atoms with Gasteiger partial charge in [0.05, 0.1) is 12.0 Å². The van der Waals surface area contributed by atoms with Gasteiger partial charge in [0.25, 0.3) is 5.91 Å². The summed E-state index contributed by atoms with van der Waals surface area (Å²) < 4.78 is 11.0. The summed E-state index contributed by atoms with van der Waals surface area (Å²) in [7, 11) is 1.75. The number of hydrogen-bond donors (Lipinski definition) is 2. The van der Waals surface area contributed by atoms with Gasteiger partial charge < -0.3 is 24.7 Å². The molecule has 0 fully saturated rings. The Balaban J connectivity index is 1.31. The number of benzene rings is 3. The van der Waals surface area contributed by atoms with E-state index in [2.05, 4.69) is 16.4 Å². The van der Waals surface area contributed by atoms with E-state index in [1.807, 2.05) is 60.8 Å². The number of hydrogen-bond acceptors (Lipinski definition) is 4. The third-order valence-corrected chi connectivity index (χ3v) is 6.97. The van der Waals surface area contributed by atoms with Crippen molar-refractivity contribution < 1.29 is 19.1 Å². The number of para-hydroxylation sites is 1. The normalized spacial score (nSPS) is 18.5. The van der Waals surface area contributed by atoms with Gasteiger partial charge in [-0.1, -0.05) is 42.5 Å². The van der Waals surface area contributed by atoms with Crippen LogP contribution in [0.4, 0.5) is 0 Å². The summed E-state index contributed by atoms with van der Waals surface area (Å²) in [6, 6.07) is 20.6. The van der Waals surface area contributed by atoms with Crippen molar-refractivity contribution in [1.82, 2.24) is 15.2 Å². The number of fused-ring (bicyclic) bond motifs is 3. The van der Waals surface area contributed by atoms with Gasteiger partial charge in [0.1, 0.15) is 0 Å². The Bertz CT molecular complexity index is 1440. The number of nitrogens with zero attached hydrogens (tertiary/aromatic N) is 1. The van der Waals surface area contributed by atoms with Crippen LogP contribution in [0, 0.1) is 0 Å². The van der Waals surface area contributed by atoms with Crippen LogP contribution in [-0.2, 0) is 11.2 Å². The van der Waals surface area contributed by atoms with E-state index in [-0.39, 0.29) is 18.6 Å². The molecule has 0 radical (unpaired) electrons. The summed E-state index contributed by atoms with van der Waals surface area (Å²) in [6.45, 7) is 0.656. The van der Waals surface area contributed by atoms with Crippen molar-refractivity contribution >= 4 is 22.7 Å². The highest BCUT2D eigenvalue weighted by Gasteiger charge is 2.42. The van der Waals surface area contributed by atoms with E-state index in [0.29, 0.717) is 30.0 Å². The van der Waals surface area contributed by atoms with Crippen molar-refractivity contribution in [3.8, 4) is 11.5 Å². The number of nitrogens with one attached hydrogen (secondary N) is 2. The molecule has 7 nitrogen and oxygen atoms in total. The molecule has 0 saturated heterocycles. The van der Waals surface area contributed by atoms with Crippen molar-refractivity contribution in [2.75, 3.05) is 20.4 Å². The molecule has 2 aliphatic rings. The zero-order chi connectivity index (χ0) is 23.9. The Hall–Kier alpha value is -4.26. The molecule has 1 aromatic heterocycles.